The molecule has 2 aromatic rings. The van der Waals surface area contributed by atoms with Crippen LogP contribution in [-0.4, -0.2) is 53.7 Å². The minimum Gasteiger partial charge on any atom is -0.493 e. The Hall–Kier alpha value is -4.47. The molecule has 0 aliphatic carbocycles. The average molecular weight is 549 g/mol. The highest BCUT2D eigenvalue weighted by atomic mass is 16.6. The second-order valence-electron chi connectivity index (χ2n) is 8.50. The number of hydrogen-bond acceptors (Lipinski definition) is 9. The largest absolute Gasteiger partial charge is 0.493 e. The topological polar surface area (TPSA) is 120 Å². The van der Waals surface area contributed by atoms with Crippen LogP contribution in [0.2, 0.25) is 0 Å². The summed E-state index contributed by atoms with van der Waals surface area (Å²) in [6.07, 6.45) is 6.16. The van der Waals surface area contributed by atoms with E-state index in [2.05, 4.69) is 12.1 Å². The molecule has 0 amide bonds. The SMILES string of the molecule is CCOC(=O)COc1ccc(C=C(C#N)CCCOCCCC(C#N)=Cc2ccc(OC)c(OC)c2)cc1OC. The van der Waals surface area contributed by atoms with Crippen molar-refractivity contribution in [1.29, 1.82) is 10.5 Å². The highest BCUT2D eigenvalue weighted by Gasteiger charge is 2.10. The van der Waals surface area contributed by atoms with E-state index < -0.39 is 5.97 Å². The lowest BCUT2D eigenvalue weighted by Gasteiger charge is -2.11. The van der Waals surface area contributed by atoms with Crippen LogP contribution in [0.3, 0.4) is 0 Å². The fraction of sp³-hybridized carbons (Fsp3) is 0.387. The van der Waals surface area contributed by atoms with E-state index in [1.807, 2.05) is 18.2 Å². The van der Waals surface area contributed by atoms with Crippen LogP contribution in [0.15, 0.2) is 47.5 Å². The third-order valence-electron chi connectivity index (χ3n) is 5.68. The lowest BCUT2D eigenvalue weighted by Crippen LogP contribution is -2.14. The molecule has 9 heteroatoms. The number of carbonyl (C=O) groups is 1. The summed E-state index contributed by atoms with van der Waals surface area (Å²) >= 11 is 0. The van der Waals surface area contributed by atoms with Gasteiger partial charge in [-0.3, -0.25) is 0 Å². The monoisotopic (exact) mass is 548 g/mol. The van der Waals surface area contributed by atoms with E-state index in [1.54, 1.807) is 51.5 Å². The van der Waals surface area contributed by atoms with E-state index in [1.165, 1.54) is 7.11 Å². The van der Waals surface area contributed by atoms with Gasteiger partial charge in [0.1, 0.15) is 0 Å². The molecule has 0 saturated heterocycles. The molecular formula is C31H36N2O7. The number of esters is 1. The van der Waals surface area contributed by atoms with Gasteiger partial charge in [-0.05, 0) is 80.2 Å². The van der Waals surface area contributed by atoms with Gasteiger partial charge in [-0.1, -0.05) is 12.1 Å². The molecule has 2 rings (SSSR count). The fourth-order valence-electron chi connectivity index (χ4n) is 3.73. The van der Waals surface area contributed by atoms with Crippen molar-refractivity contribution in [2.75, 3.05) is 47.8 Å². The van der Waals surface area contributed by atoms with Crippen molar-refractivity contribution in [3.63, 3.8) is 0 Å². The first-order valence-electron chi connectivity index (χ1n) is 12.9. The molecule has 0 unspecified atom stereocenters. The molecule has 0 aliphatic heterocycles. The first-order valence-corrected chi connectivity index (χ1v) is 12.9. The zero-order valence-corrected chi connectivity index (χ0v) is 23.5. The van der Waals surface area contributed by atoms with E-state index >= 15 is 0 Å². The van der Waals surface area contributed by atoms with Crippen LogP contribution < -0.4 is 18.9 Å². The van der Waals surface area contributed by atoms with Crippen molar-refractivity contribution in [3.8, 4) is 35.1 Å². The molecule has 0 N–H and O–H groups in total. The van der Waals surface area contributed by atoms with Crippen molar-refractivity contribution in [1.82, 2.24) is 0 Å². The summed E-state index contributed by atoms with van der Waals surface area (Å²) in [4.78, 5) is 11.5. The summed E-state index contributed by atoms with van der Waals surface area (Å²) in [5, 5.41) is 19.1. The molecular weight excluding hydrogens is 512 g/mol. The highest BCUT2D eigenvalue weighted by Crippen LogP contribution is 2.30. The van der Waals surface area contributed by atoms with Crippen molar-refractivity contribution in [2.45, 2.75) is 32.6 Å². The Balaban J connectivity index is 1.79. The van der Waals surface area contributed by atoms with Gasteiger partial charge >= 0.3 is 5.97 Å². The maximum atomic E-state index is 11.5. The van der Waals surface area contributed by atoms with Gasteiger partial charge in [-0.2, -0.15) is 10.5 Å². The Kier molecular flexibility index (Phi) is 14.2. The quantitative estimate of drug-likeness (QED) is 0.138. The predicted octanol–water partition coefficient (Wildman–Crippen LogP) is 5.75. The zero-order chi connectivity index (χ0) is 29.2. The summed E-state index contributed by atoms with van der Waals surface area (Å²) < 4.78 is 32.0. The third kappa shape index (κ3) is 10.7. The van der Waals surface area contributed by atoms with Crippen LogP contribution in [0.4, 0.5) is 0 Å². The van der Waals surface area contributed by atoms with Crippen LogP contribution in [0.25, 0.3) is 12.2 Å². The maximum absolute atomic E-state index is 11.5. The number of ether oxygens (including phenoxy) is 6. The van der Waals surface area contributed by atoms with E-state index in [-0.39, 0.29) is 13.2 Å². The number of hydrogen-bond donors (Lipinski definition) is 0. The summed E-state index contributed by atoms with van der Waals surface area (Å²) in [6, 6.07) is 15.2. The predicted molar refractivity (Wildman–Crippen MR) is 151 cm³/mol. The third-order valence-corrected chi connectivity index (χ3v) is 5.68. The Labute approximate surface area is 236 Å². The Bertz CT molecular complexity index is 1260. The van der Waals surface area contributed by atoms with E-state index in [9.17, 15) is 15.3 Å². The van der Waals surface area contributed by atoms with Gasteiger partial charge in [0.15, 0.2) is 29.6 Å². The average Bonchev–Trinajstić information content (AvgIpc) is 2.98. The van der Waals surface area contributed by atoms with Crippen LogP contribution >= 0.6 is 0 Å². The molecule has 0 heterocycles. The standard InChI is InChI=1S/C31H36N2O7/c1-5-39-31(34)22-40-28-13-11-24(19-30(28)37-4)17-26(21-33)9-7-15-38-14-6-8-25(20-32)16-23-10-12-27(35-2)29(18-23)36-3/h10-13,16-19H,5-9,14-15,22H2,1-4H3. The summed E-state index contributed by atoms with van der Waals surface area (Å²) in [6.45, 7) is 2.82. The number of nitrogens with zero attached hydrogens (tertiary/aromatic N) is 2. The minimum absolute atomic E-state index is 0.213. The molecule has 0 aliphatic rings. The molecule has 9 nitrogen and oxygen atoms in total. The first-order chi connectivity index (χ1) is 19.5. The number of nitriles is 2. The summed E-state index contributed by atoms with van der Waals surface area (Å²) in [5.74, 6) is 1.65. The molecule has 0 bridgehead atoms. The molecule has 212 valence electrons. The van der Waals surface area contributed by atoms with Gasteiger partial charge in [0.2, 0.25) is 0 Å². The molecule has 0 aromatic heterocycles. The number of rotatable bonds is 17. The van der Waals surface area contributed by atoms with Gasteiger partial charge in [0.05, 0.1) is 40.1 Å². The van der Waals surface area contributed by atoms with Crippen molar-refractivity contribution in [3.05, 3.63) is 58.7 Å². The van der Waals surface area contributed by atoms with Gasteiger partial charge < -0.3 is 28.4 Å². The second-order valence-corrected chi connectivity index (χ2v) is 8.50. The number of carbonyl (C=O) groups excluding carboxylic acids is 1. The van der Waals surface area contributed by atoms with E-state index in [0.717, 1.165) is 11.1 Å². The molecule has 0 atom stereocenters. The van der Waals surface area contributed by atoms with Crippen LogP contribution in [0, 0.1) is 22.7 Å². The van der Waals surface area contributed by atoms with Gasteiger partial charge in [0.25, 0.3) is 0 Å². The Morgan fingerprint density at radius 1 is 0.775 bits per heavy atom. The van der Waals surface area contributed by atoms with E-state index in [0.29, 0.717) is 73.0 Å². The van der Waals surface area contributed by atoms with Gasteiger partial charge in [-0.15, -0.1) is 0 Å². The Morgan fingerprint density at radius 2 is 1.27 bits per heavy atom. The maximum Gasteiger partial charge on any atom is 0.344 e. The number of allylic oxidation sites excluding steroid dienone is 2. The molecule has 0 fully saturated rings. The zero-order valence-electron chi connectivity index (χ0n) is 23.5. The lowest BCUT2D eigenvalue weighted by atomic mass is 10.1. The van der Waals surface area contributed by atoms with Gasteiger partial charge in [0, 0.05) is 24.4 Å². The number of benzene rings is 2. The molecule has 2 aromatic carbocycles. The minimum atomic E-state index is -0.459. The normalized spacial score (nSPS) is 11.2. The van der Waals surface area contributed by atoms with Crippen LogP contribution in [0.1, 0.15) is 43.7 Å². The molecule has 0 saturated carbocycles. The second kappa shape index (κ2) is 17.9. The van der Waals surface area contributed by atoms with Crippen molar-refractivity contribution < 1.29 is 33.2 Å². The van der Waals surface area contributed by atoms with Crippen molar-refractivity contribution >= 4 is 18.1 Å². The number of methoxy groups -OCH3 is 3. The summed E-state index contributed by atoms with van der Waals surface area (Å²) in [5.41, 5.74) is 2.90. The molecule has 40 heavy (non-hydrogen) atoms. The highest BCUT2D eigenvalue weighted by molar-refractivity contribution is 5.71. The van der Waals surface area contributed by atoms with Gasteiger partial charge in [-0.25, -0.2) is 4.79 Å². The van der Waals surface area contributed by atoms with E-state index in [4.69, 9.17) is 28.4 Å². The molecule has 0 spiro atoms. The van der Waals surface area contributed by atoms with Crippen LogP contribution in [0.5, 0.6) is 23.0 Å². The lowest BCUT2D eigenvalue weighted by molar-refractivity contribution is -0.145. The molecule has 0 radical (unpaired) electrons. The van der Waals surface area contributed by atoms with Crippen molar-refractivity contribution in [2.24, 2.45) is 0 Å². The fourth-order valence-corrected chi connectivity index (χ4v) is 3.73. The van der Waals surface area contributed by atoms with Crippen LogP contribution in [-0.2, 0) is 14.3 Å². The smallest absolute Gasteiger partial charge is 0.344 e. The Morgan fingerprint density at radius 3 is 1.75 bits per heavy atom. The summed E-state index contributed by atoms with van der Waals surface area (Å²) in [7, 11) is 4.66. The first kappa shape index (κ1) is 31.7.